The Balaban J connectivity index is 1.58. The summed E-state index contributed by atoms with van der Waals surface area (Å²) in [5.74, 6) is -0.365. The molecule has 1 saturated heterocycles. The summed E-state index contributed by atoms with van der Waals surface area (Å²) < 4.78 is 25.9. The van der Waals surface area contributed by atoms with Gasteiger partial charge in [-0.1, -0.05) is 24.3 Å². The van der Waals surface area contributed by atoms with Crippen LogP contribution < -0.4 is 15.5 Å². The quantitative estimate of drug-likeness (QED) is 0.708. The number of carbonyl (C=O) groups excluding carboxylic acids is 1. The summed E-state index contributed by atoms with van der Waals surface area (Å²) in [6.45, 7) is 8.66. The van der Waals surface area contributed by atoms with Crippen LogP contribution in [0.1, 0.15) is 31.9 Å². The number of hydrogen-bond acceptors (Lipinski definition) is 4. The average molecular weight is 416 g/mol. The summed E-state index contributed by atoms with van der Waals surface area (Å²) in [5, 5.41) is 5.52. The Labute approximate surface area is 177 Å². The van der Waals surface area contributed by atoms with Crippen LogP contribution in [0.25, 0.3) is 0 Å². The highest BCUT2D eigenvalue weighted by molar-refractivity contribution is 5.89. The van der Waals surface area contributed by atoms with Gasteiger partial charge in [-0.05, 0) is 50.1 Å². The van der Waals surface area contributed by atoms with Gasteiger partial charge >= 0.3 is 6.03 Å². The van der Waals surface area contributed by atoms with Gasteiger partial charge in [-0.2, -0.15) is 0 Å². The molecule has 2 N–H and O–H groups in total. The largest absolute Gasteiger partial charge is 0.377 e. The van der Waals surface area contributed by atoms with E-state index in [-0.39, 0.29) is 24.1 Å². The topological polar surface area (TPSA) is 62.8 Å². The third-order valence-electron chi connectivity index (χ3n) is 4.99. The smallest absolute Gasteiger partial charge is 0.319 e. The van der Waals surface area contributed by atoms with Gasteiger partial charge in [-0.15, -0.1) is 0 Å². The van der Waals surface area contributed by atoms with Crippen molar-refractivity contribution in [3.05, 3.63) is 59.4 Å². The van der Waals surface area contributed by atoms with E-state index in [1.807, 2.05) is 49.9 Å². The van der Waals surface area contributed by atoms with Crippen molar-refractivity contribution < 1.29 is 18.7 Å². The van der Waals surface area contributed by atoms with E-state index in [2.05, 4.69) is 10.6 Å². The highest BCUT2D eigenvalue weighted by atomic mass is 19.1. The predicted octanol–water partition coefficient (Wildman–Crippen LogP) is 4.30. The number of nitrogens with zero attached hydrogens (tertiary/aromatic N) is 1. The Morgan fingerprint density at radius 2 is 1.87 bits per heavy atom. The molecular formula is C23H30FN3O3. The minimum atomic E-state index is -0.387. The van der Waals surface area contributed by atoms with Gasteiger partial charge in [0.15, 0.2) is 0 Å². The van der Waals surface area contributed by atoms with Crippen molar-refractivity contribution in [3.63, 3.8) is 0 Å². The number of nitrogens with one attached hydrogen (secondary N) is 2. The molecule has 6 nitrogen and oxygen atoms in total. The van der Waals surface area contributed by atoms with Crippen molar-refractivity contribution in [1.29, 1.82) is 0 Å². The molecule has 0 aliphatic carbocycles. The molecule has 0 saturated carbocycles. The molecule has 3 rings (SSSR count). The van der Waals surface area contributed by atoms with E-state index >= 15 is 0 Å². The maximum atomic E-state index is 14.7. The molecule has 2 aromatic carbocycles. The lowest BCUT2D eigenvalue weighted by molar-refractivity contribution is -0.00539. The van der Waals surface area contributed by atoms with Crippen LogP contribution in [0.3, 0.4) is 0 Å². The van der Waals surface area contributed by atoms with Crippen LogP contribution in [-0.4, -0.2) is 37.9 Å². The fourth-order valence-electron chi connectivity index (χ4n) is 3.65. The first-order valence-corrected chi connectivity index (χ1v) is 10.4. The first-order chi connectivity index (χ1) is 14.5. The molecule has 0 radical (unpaired) electrons. The van der Waals surface area contributed by atoms with E-state index in [9.17, 15) is 9.18 Å². The Morgan fingerprint density at radius 1 is 1.17 bits per heavy atom. The van der Waals surface area contributed by atoms with Crippen LogP contribution in [0.4, 0.5) is 20.6 Å². The number of ether oxygens (including phenoxy) is 2. The maximum absolute atomic E-state index is 14.7. The number of morpholine rings is 1. The summed E-state index contributed by atoms with van der Waals surface area (Å²) >= 11 is 0. The number of hydrogen-bond donors (Lipinski definition) is 2. The number of rotatable bonds is 7. The van der Waals surface area contributed by atoms with Crippen molar-refractivity contribution in [2.45, 2.75) is 46.1 Å². The second-order valence-corrected chi connectivity index (χ2v) is 7.54. The molecule has 1 aliphatic rings. The number of anilines is 2. The van der Waals surface area contributed by atoms with Crippen molar-refractivity contribution >= 4 is 17.4 Å². The van der Waals surface area contributed by atoms with E-state index < -0.39 is 0 Å². The highest BCUT2D eigenvalue weighted by Crippen LogP contribution is 2.26. The molecule has 162 valence electrons. The molecule has 1 fully saturated rings. The van der Waals surface area contributed by atoms with Crippen molar-refractivity contribution in [1.82, 2.24) is 5.32 Å². The molecule has 1 aliphatic heterocycles. The summed E-state index contributed by atoms with van der Waals surface area (Å²) in [6.07, 6.45) is 0.0877. The van der Waals surface area contributed by atoms with Crippen LogP contribution in [0.15, 0.2) is 42.5 Å². The number of halogens is 1. The van der Waals surface area contributed by atoms with Gasteiger partial charge in [-0.3, -0.25) is 0 Å². The van der Waals surface area contributed by atoms with Crippen LogP contribution in [0.2, 0.25) is 0 Å². The first-order valence-electron chi connectivity index (χ1n) is 10.4. The zero-order chi connectivity index (χ0) is 21.5. The van der Waals surface area contributed by atoms with Crippen molar-refractivity contribution in [3.8, 4) is 0 Å². The summed E-state index contributed by atoms with van der Waals surface area (Å²) in [5.41, 5.74) is 2.95. The Bertz CT molecular complexity index is 851. The Morgan fingerprint density at radius 3 is 2.53 bits per heavy atom. The monoisotopic (exact) mass is 415 g/mol. The van der Waals surface area contributed by atoms with Gasteiger partial charge in [0, 0.05) is 31.9 Å². The lowest BCUT2D eigenvalue weighted by atomic mass is 10.1. The first kappa shape index (κ1) is 22.1. The van der Waals surface area contributed by atoms with E-state index in [0.29, 0.717) is 44.2 Å². The van der Waals surface area contributed by atoms with Crippen molar-refractivity contribution in [2.24, 2.45) is 0 Å². The molecule has 0 bridgehead atoms. The summed E-state index contributed by atoms with van der Waals surface area (Å²) in [6, 6.07) is 12.2. The number of carbonyl (C=O) groups is 1. The lowest BCUT2D eigenvalue weighted by Crippen LogP contribution is -2.45. The van der Waals surface area contributed by atoms with Crippen LogP contribution >= 0.6 is 0 Å². The Hall–Kier alpha value is -2.64. The molecule has 2 atom stereocenters. The fourth-order valence-corrected chi connectivity index (χ4v) is 3.65. The lowest BCUT2D eigenvalue weighted by Gasteiger charge is -2.37. The summed E-state index contributed by atoms with van der Waals surface area (Å²) in [7, 11) is 0. The molecule has 30 heavy (non-hydrogen) atoms. The van der Waals surface area contributed by atoms with Gasteiger partial charge in [0.05, 0.1) is 24.5 Å². The van der Waals surface area contributed by atoms with E-state index in [1.165, 1.54) is 6.07 Å². The third-order valence-corrected chi connectivity index (χ3v) is 4.99. The number of benzene rings is 2. The van der Waals surface area contributed by atoms with E-state index in [4.69, 9.17) is 9.47 Å². The summed E-state index contributed by atoms with van der Waals surface area (Å²) in [4.78, 5) is 14.3. The molecule has 2 aromatic rings. The zero-order valence-corrected chi connectivity index (χ0v) is 17.8. The van der Waals surface area contributed by atoms with E-state index in [1.54, 1.807) is 12.1 Å². The average Bonchev–Trinajstić information content (AvgIpc) is 2.70. The third kappa shape index (κ3) is 5.93. The number of amides is 2. The van der Waals surface area contributed by atoms with Crippen LogP contribution in [0.5, 0.6) is 0 Å². The Kier molecular flexibility index (Phi) is 7.65. The van der Waals surface area contributed by atoms with E-state index in [0.717, 1.165) is 11.1 Å². The maximum Gasteiger partial charge on any atom is 0.319 e. The molecule has 7 heteroatoms. The van der Waals surface area contributed by atoms with Crippen LogP contribution in [-0.2, 0) is 22.6 Å². The minimum absolute atomic E-state index is 0.0438. The molecule has 2 amide bonds. The fraction of sp³-hybridized carbons (Fsp3) is 0.435. The standard InChI is InChI=1S/C23H30FN3O3/c1-4-29-15-19-8-6-5-7-18(19)12-25-23(28)26-20-9-10-22(21(24)11-20)27-13-16(2)30-17(3)14-27/h5-11,16-17H,4,12-15H2,1-3H3,(H2,25,26,28). The van der Waals surface area contributed by atoms with Crippen molar-refractivity contribution in [2.75, 3.05) is 29.9 Å². The normalized spacial score (nSPS) is 18.9. The second-order valence-electron chi connectivity index (χ2n) is 7.54. The van der Waals surface area contributed by atoms with Gasteiger partial charge in [0.2, 0.25) is 0 Å². The van der Waals surface area contributed by atoms with Gasteiger partial charge < -0.3 is 25.0 Å². The van der Waals surface area contributed by atoms with Gasteiger partial charge in [0.25, 0.3) is 0 Å². The number of urea groups is 1. The molecule has 2 unspecified atom stereocenters. The molecular weight excluding hydrogens is 385 g/mol. The molecule has 1 heterocycles. The van der Waals surface area contributed by atoms with Crippen LogP contribution in [0, 0.1) is 5.82 Å². The molecule has 0 spiro atoms. The predicted molar refractivity (Wildman–Crippen MR) is 116 cm³/mol. The zero-order valence-electron chi connectivity index (χ0n) is 17.8. The van der Waals surface area contributed by atoms with Gasteiger partial charge in [0.1, 0.15) is 5.82 Å². The second kappa shape index (κ2) is 10.4. The SMILES string of the molecule is CCOCc1ccccc1CNC(=O)Nc1ccc(N2CC(C)OC(C)C2)c(F)c1. The highest BCUT2D eigenvalue weighted by Gasteiger charge is 2.24. The van der Waals surface area contributed by atoms with Gasteiger partial charge in [-0.25, -0.2) is 9.18 Å². The minimum Gasteiger partial charge on any atom is -0.377 e. The molecule has 0 aromatic heterocycles.